The van der Waals surface area contributed by atoms with E-state index in [1.165, 1.54) is 12.8 Å². The summed E-state index contributed by atoms with van der Waals surface area (Å²) in [4.78, 5) is 16.7. The van der Waals surface area contributed by atoms with E-state index in [9.17, 15) is 4.79 Å². The normalized spacial score (nSPS) is 14.1. The van der Waals surface area contributed by atoms with Gasteiger partial charge in [-0.1, -0.05) is 0 Å². The van der Waals surface area contributed by atoms with Gasteiger partial charge in [-0.2, -0.15) is 5.10 Å². The molecule has 1 fully saturated rings. The van der Waals surface area contributed by atoms with Crippen molar-refractivity contribution in [1.29, 1.82) is 0 Å². The van der Waals surface area contributed by atoms with Crippen molar-refractivity contribution in [2.24, 2.45) is 5.92 Å². The minimum Gasteiger partial charge on any atom is -0.462 e. The predicted octanol–water partition coefficient (Wildman–Crippen LogP) is 4.25. The number of esters is 1. The van der Waals surface area contributed by atoms with Gasteiger partial charge >= 0.3 is 5.97 Å². The van der Waals surface area contributed by atoms with Gasteiger partial charge in [-0.15, -0.1) is 0 Å². The van der Waals surface area contributed by atoms with Crippen molar-refractivity contribution in [3.8, 4) is 11.4 Å². The number of fused-ring (bicyclic) bond motifs is 2. The van der Waals surface area contributed by atoms with Gasteiger partial charge in [0.25, 0.3) is 0 Å². The first-order valence-corrected chi connectivity index (χ1v) is 9.76. The molecule has 28 heavy (non-hydrogen) atoms. The summed E-state index contributed by atoms with van der Waals surface area (Å²) in [6, 6.07) is 9.97. The molecule has 1 aliphatic carbocycles. The van der Waals surface area contributed by atoms with Crippen molar-refractivity contribution >= 4 is 22.5 Å². The van der Waals surface area contributed by atoms with Gasteiger partial charge in [0.05, 0.1) is 23.4 Å². The maximum Gasteiger partial charge on any atom is 0.339 e. The lowest BCUT2D eigenvalue weighted by Gasteiger charge is -2.08. The van der Waals surface area contributed by atoms with Crippen LogP contribution in [-0.4, -0.2) is 31.7 Å². The highest BCUT2D eigenvalue weighted by Gasteiger charge is 2.26. The Morgan fingerprint density at radius 1 is 1.29 bits per heavy atom. The molecule has 0 spiro atoms. The number of carbonyl (C=O) groups excluding carboxylic acids is 1. The van der Waals surface area contributed by atoms with Gasteiger partial charge in [0.2, 0.25) is 0 Å². The Morgan fingerprint density at radius 2 is 2.14 bits per heavy atom. The average Bonchev–Trinajstić information content (AvgIpc) is 3.37. The lowest BCUT2D eigenvalue weighted by molar-refractivity contribution is 0.0525. The molecular formula is C22H22N4O2. The zero-order chi connectivity index (χ0) is 19.3. The summed E-state index contributed by atoms with van der Waals surface area (Å²) in [6.45, 7) is 5.21. The molecule has 0 bridgehead atoms. The summed E-state index contributed by atoms with van der Waals surface area (Å²) in [5.74, 6) is 0.398. The molecule has 0 N–H and O–H groups in total. The summed E-state index contributed by atoms with van der Waals surface area (Å²) in [5.41, 5.74) is 5.60. The van der Waals surface area contributed by atoms with E-state index in [1.807, 2.05) is 18.3 Å². The largest absolute Gasteiger partial charge is 0.462 e. The summed E-state index contributed by atoms with van der Waals surface area (Å²) in [7, 11) is 0. The molecule has 1 saturated carbocycles. The molecule has 0 aliphatic heterocycles. The van der Waals surface area contributed by atoms with E-state index in [1.54, 1.807) is 23.7 Å². The Labute approximate surface area is 162 Å². The van der Waals surface area contributed by atoms with Gasteiger partial charge in [-0.05, 0) is 62.9 Å². The monoisotopic (exact) mass is 374 g/mol. The smallest absolute Gasteiger partial charge is 0.339 e. The minimum absolute atomic E-state index is 0.328. The van der Waals surface area contributed by atoms with Crippen molar-refractivity contribution in [2.45, 2.75) is 33.2 Å². The number of aryl methyl sites for hydroxylation is 1. The highest BCUT2D eigenvalue weighted by Crippen LogP contribution is 2.36. The van der Waals surface area contributed by atoms with Crippen molar-refractivity contribution in [2.75, 3.05) is 6.61 Å². The molecule has 1 aliphatic rings. The summed E-state index contributed by atoms with van der Waals surface area (Å²) >= 11 is 0. The fourth-order valence-corrected chi connectivity index (χ4v) is 3.78. The summed E-state index contributed by atoms with van der Waals surface area (Å²) in [5, 5.41) is 5.96. The molecule has 4 aromatic heterocycles. The maximum atomic E-state index is 12.1. The first-order chi connectivity index (χ1) is 13.7. The number of ether oxygens (including phenoxy) is 1. The van der Waals surface area contributed by atoms with E-state index < -0.39 is 0 Å². The Morgan fingerprint density at radius 3 is 2.93 bits per heavy atom. The van der Waals surface area contributed by atoms with E-state index in [0.29, 0.717) is 12.2 Å². The van der Waals surface area contributed by atoms with Crippen LogP contribution in [0.2, 0.25) is 0 Å². The Balaban J connectivity index is 1.66. The van der Waals surface area contributed by atoms with Crippen molar-refractivity contribution in [1.82, 2.24) is 19.2 Å². The number of hydrogen-bond acceptors (Lipinski definition) is 4. The SMILES string of the molecule is CCOC(=O)c1ccc2c(C)c(-c3cc4cccnc4n3CC3CC3)nn2c1. The molecule has 0 atom stereocenters. The van der Waals surface area contributed by atoms with E-state index >= 15 is 0 Å². The maximum absolute atomic E-state index is 12.1. The van der Waals surface area contributed by atoms with Crippen LogP contribution in [0.15, 0.2) is 42.7 Å². The fourth-order valence-electron chi connectivity index (χ4n) is 3.78. The summed E-state index contributed by atoms with van der Waals surface area (Å²) < 4.78 is 9.20. The van der Waals surface area contributed by atoms with Crippen LogP contribution in [0.1, 0.15) is 35.7 Å². The third-order valence-electron chi connectivity index (χ3n) is 5.42. The first-order valence-electron chi connectivity index (χ1n) is 9.76. The number of hydrogen-bond donors (Lipinski definition) is 0. The van der Waals surface area contributed by atoms with Crippen LogP contribution in [0.25, 0.3) is 27.9 Å². The lowest BCUT2D eigenvalue weighted by Crippen LogP contribution is -2.06. The number of rotatable bonds is 5. The van der Waals surface area contributed by atoms with Crippen LogP contribution in [-0.2, 0) is 11.3 Å². The predicted molar refractivity (Wildman–Crippen MR) is 107 cm³/mol. The molecule has 0 radical (unpaired) electrons. The summed E-state index contributed by atoms with van der Waals surface area (Å²) in [6.07, 6.45) is 6.14. The topological polar surface area (TPSA) is 61.4 Å². The van der Waals surface area contributed by atoms with E-state index in [0.717, 1.165) is 46.0 Å². The Bertz CT molecular complexity index is 1200. The number of aromatic nitrogens is 4. The first kappa shape index (κ1) is 17.0. The van der Waals surface area contributed by atoms with Gasteiger partial charge in [0, 0.05) is 29.9 Å². The van der Waals surface area contributed by atoms with Gasteiger partial charge < -0.3 is 9.30 Å². The van der Waals surface area contributed by atoms with Crippen molar-refractivity contribution in [3.05, 3.63) is 53.9 Å². The standard InChI is InChI=1S/C22H22N4O2/c1-3-28-22(27)17-8-9-18-14(2)20(24-26(18)13-17)19-11-16-5-4-10-23-21(16)25(19)12-15-6-7-15/h4-5,8-11,13,15H,3,6-7,12H2,1-2H3. The molecule has 4 heterocycles. The molecule has 142 valence electrons. The van der Waals surface area contributed by atoms with Gasteiger partial charge in [-0.25, -0.2) is 14.3 Å². The second kappa shape index (κ2) is 6.48. The van der Waals surface area contributed by atoms with E-state index in [-0.39, 0.29) is 5.97 Å². The molecule has 6 nitrogen and oxygen atoms in total. The Hall–Kier alpha value is -3.15. The molecule has 0 saturated heterocycles. The van der Waals surface area contributed by atoms with Crippen molar-refractivity contribution in [3.63, 3.8) is 0 Å². The third-order valence-corrected chi connectivity index (χ3v) is 5.42. The zero-order valence-electron chi connectivity index (χ0n) is 16.1. The zero-order valence-corrected chi connectivity index (χ0v) is 16.1. The molecule has 0 amide bonds. The van der Waals surface area contributed by atoms with Crippen LogP contribution < -0.4 is 0 Å². The van der Waals surface area contributed by atoms with Gasteiger partial charge in [0.15, 0.2) is 0 Å². The number of pyridine rings is 2. The number of carbonyl (C=O) groups is 1. The average molecular weight is 374 g/mol. The van der Waals surface area contributed by atoms with Crippen molar-refractivity contribution < 1.29 is 9.53 Å². The molecule has 0 aromatic carbocycles. The lowest BCUT2D eigenvalue weighted by atomic mass is 10.1. The quantitative estimate of drug-likeness (QED) is 0.490. The second-order valence-electron chi connectivity index (χ2n) is 7.44. The molecule has 6 heteroatoms. The van der Waals surface area contributed by atoms with Crippen LogP contribution in [0.3, 0.4) is 0 Å². The van der Waals surface area contributed by atoms with Gasteiger partial charge in [-0.3, -0.25) is 0 Å². The molecular weight excluding hydrogens is 352 g/mol. The fraction of sp³-hybridized carbons (Fsp3) is 0.318. The number of nitrogens with zero attached hydrogens (tertiary/aromatic N) is 4. The van der Waals surface area contributed by atoms with Crippen LogP contribution in [0.4, 0.5) is 0 Å². The second-order valence-corrected chi connectivity index (χ2v) is 7.44. The highest BCUT2D eigenvalue weighted by molar-refractivity contribution is 5.90. The minimum atomic E-state index is -0.328. The van der Waals surface area contributed by atoms with E-state index in [4.69, 9.17) is 9.84 Å². The third kappa shape index (κ3) is 2.76. The molecule has 0 unspecified atom stereocenters. The van der Waals surface area contributed by atoms with Crippen LogP contribution >= 0.6 is 0 Å². The van der Waals surface area contributed by atoms with Gasteiger partial charge in [0.1, 0.15) is 11.3 Å². The van der Waals surface area contributed by atoms with Crippen LogP contribution in [0, 0.1) is 12.8 Å². The highest BCUT2D eigenvalue weighted by atomic mass is 16.5. The van der Waals surface area contributed by atoms with Crippen LogP contribution in [0.5, 0.6) is 0 Å². The van der Waals surface area contributed by atoms with E-state index in [2.05, 4.69) is 28.6 Å². The Kier molecular flexibility index (Phi) is 3.93. The molecule has 4 aromatic rings. The molecule has 5 rings (SSSR count).